The van der Waals surface area contributed by atoms with Gasteiger partial charge in [0.2, 0.25) is 10.0 Å². The van der Waals surface area contributed by atoms with Crippen molar-refractivity contribution in [3.63, 3.8) is 0 Å². The Morgan fingerprint density at radius 3 is 2.29 bits per heavy atom. The van der Waals surface area contributed by atoms with Crippen molar-refractivity contribution in [3.05, 3.63) is 63.6 Å². The van der Waals surface area contributed by atoms with Crippen LogP contribution in [-0.4, -0.2) is 21.0 Å². The average Bonchev–Trinajstić information content (AvgIpc) is 2.88. The van der Waals surface area contributed by atoms with Gasteiger partial charge in [0.15, 0.2) is 0 Å². The zero-order valence-electron chi connectivity index (χ0n) is 12.1. The molecule has 1 aliphatic rings. The molecular formula is C16H11Cl2NO4S. The van der Waals surface area contributed by atoms with Crippen LogP contribution in [-0.2, 0) is 19.6 Å². The summed E-state index contributed by atoms with van der Waals surface area (Å²) in [6.45, 7) is 0.0713. The molecule has 2 aromatic rings. The highest BCUT2D eigenvalue weighted by Gasteiger charge is 2.28. The SMILES string of the molecule is NS(=O)(=O)c1ccc(C2=C(c3ccc(Cl)cc3Cl)C(=O)OC2)cc1. The van der Waals surface area contributed by atoms with Crippen LogP contribution < -0.4 is 5.14 Å². The van der Waals surface area contributed by atoms with E-state index < -0.39 is 16.0 Å². The number of esters is 1. The van der Waals surface area contributed by atoms with Crippen molar-refractivity contribution in [1.82, 2.24) is 0 Å². The first-order valence-electron chi connectivity index (χ1n) is 6.76. The monoisotopic (exact) mass is 383 g/mol. The molecule has 0 amide bonds. The van der Waals surface area contributed by atoms with Crippen molar-refractivity contribution in [3.8, 4) is 0 Å². The molecule has 1 aliphatic heterocycles. The minimum atomic E-state index is -3.78. The van der Waals surface area contributed by atoms with Crippen LogP contribution in [0.25, 0.3) is 11.1 Å². The van der Waals surface area contributed by atoms with Crippen molar-refractivity contribution in [1.29, 1.82) is 0 Å². The predicted octanol–water partition coefficient (Wildman–Crippen LogP) is 3.11. The van der Waals surface area contributed by atoms with Gasteiger partial charge in [-0.25, -0.2) is 18.4 Å². The fraction of sp³-hybridized carbons (Fsp3) is 0.0625. The molecule has 2 N–H and O–H groups in total. The molecule has 0 aliphatic carbocycles. The summed E-state index contributed by atoms with van der Waals surface area (Å²) in [4.78, 5) is 12.1. The lowest BCUT2D eigenvalue weighted by atomic mass is 9.97. The smallest absolute Gasteiger partial charge is 0.339 e. The summed E-state index contributed by atoms with van der Waals surface area (Å²) in [6, 6.07) is 10.7. The number of halogens is 2. The molecule has 0 radical (unpaired) electrons. The van der Waals surface area contributed by atoms with E-state index in [-0.39, 0.29) is 11.5 Å². The third kappa shape index (κ3) is 3.18. The summed E-state index contributed by atoms with van der Waals surface area (Å²) >= 11 is 12.1. The lowest BCUT2D eigenvalue weighted by molar-refractivity contribution is -0.133. The molecule has 124 valence electrons. The van der Waals surface area contributed by atoms with Crippen LogP contribution in [0, 0.1) is 0 Å². The molecular weight excluding hydrogens is 373 g/mol. The number of carbonyl (C=O) groups excluding carboxylic acids is 1. The van der Waals surface area contributed by atoms with Gasteiger partial charge in [-0.1, -0.05) is 41.4 Å². The topological polar surface area (TPSA) is 86.5 Å². The first kappa shape index (κ1) is 17.0. The summed E-state index contributed by atoms with van der Waals surface area (Å²) in [5, 5.41) is 5.87. The van der Waals surface area contributed by atoms with Gasteiger partial charge in [-0.2, -0.15) is 0 Å². The van der Waals surface area contributed by atoms with E-state index in [9.17, 15) is 13.2 Å². The lowest BCUT2D eigenvalue weighted by Gasteiger charge is -2.07. The number of cyclic esters (lactones) is 1. The third-order valence-corrected chi connectivity index (χ3v) is 5.06. The number of ether oxygens (including phenoxy) is 1. The summed E-state index contributed by atoms with van der Waals surface area (Å²) in [5.41, 5.74) is 2.11. The number of hydrogen-bond donors (Lipinski definition) is 1. The van der Waals surface area contributed by atoms with Gasteiger partial charge < -0.3 is 4.74 Å². The second-order valence-electron chi connectivity index (χ2n) is 5.12. The van der Waals surface area contributed by atoms with E-state index in [0.717, 1.165) is 0 Å². The fourth-order valence-electron chi connectivity index (χ4n) is 2.44. The van der Waals surface area contributed by atoms with E-state index in [1.165, 1.54) is 12.1 Å². The Morgan fingerprint density at radius 2 is 1.71 bits per heavy atom. The number of sulfonamides is 1. The fourth-order valence-corrected chi connectivity index (χ4v) is 3.46. The molecule has 3 rings (SSSR count). The number of nitrogens with two attached hydrogens (primary N) is 1. The Morgan fingerprint density at radius 1 is 1.04 bits per heavy atom. The van der Waals surface area contributed by atoms with E-state index in [1.54, 1.807) is 30.3 Å². The number of hydrogen-bond acceptors (Lipinski definition) is 4. The summed E-state index contributed by atoms with van der Waals surface area (Å²) < 4.78 is 27.8. The third-order valence-electron chi connectivity index (χ3n) is 3.59. The molecule has 24 heavy (non-hydrogen) atoms. The van der Waals surface area contributed by atoms with Crippen molar-refractivity contribution in [2.75, 3.05) is 6.61 Å². The van der Waals surface area contributed by atoms with Crippen molar-refractivity contribution in [2.24, 2.45) is 5.14 Å². The molecule has 0 spiro atoms. The van der Waals surface area contributed by atoms with E-state index in [2.05, 4.69) is 0 Å². The normalized spacial score (nSPS) is 14.9. The van der Waals surface area contributed by atoms with Gasteiger partial charge >= 0.3 is 5.97 Å². The highest BCUT2D eigenvalue weighted by molar-refractivity contribution is 7.89. The lowest BCUT2D eigenvalue weighted by Crippen LogP contribution is -2.11. The Balaban J connectivity index is 2.13. The highest BCUT2D eigenvalue weighted by Crippen LogP contribution is 2.37. The number of benzene rings is 2. The first-order valence-corrected chi connectivity index (χ1v) is 9.06. The zero-order valence-corrected chi connectivity index (χ0v) is 14.5. The van der Waals surface area contributed by atoms with E-state index in [4.69, 9.17) is 33.1 Å². The van der Waals surface area contributed by atoms with E-state index >= 15 is 0 Å². The van der Waals surface area contributed by atoms with Gasteiger partial charge in [0, 0.05) is 16.2 Å². The highest BCUT2D eigenvalue weighted by atomic mass is 35.5. The molecule has 8 heteroatoms. The molecule has 2 aromatic carbocycles. The van der Waals surface area contributed by atoms with Crippen LogP contribution in [0.2, 0.25) is 10.0 Å². The molecule has 0 bridgehead atoms. The minimum Gasteiger partial charge on any atom is -0.457 e. The molecule has 0 saturated heterocycles. The Labute approximate surface area is 148 Å². The molecule has 0 atom stereocenters. The van der Waals surface area contributed by atoms with Crippen LogP contribution in [0.1, 0.15) is 11.1 Å². The quantitative estimate of drug-likeness (QED) is 0.824. The zero-order chi connectivity index (χ0) is 17.5. The maximum absolute atomic E-state index is 12.1. The van der Waals surface area contributed by atoms with Crippen LogP contribution in [0.15, 0.2) is 47.4 Å². The van der Waals surface area contributed by atoms with E-state index in [1.807, 2.05) is 0 Å². The van der Waals surface area contributed by atoms with Crippen LogP contribution in [0.3, 0.4) is 0 Å². The molecule has 0 saturated carbocycles. The molecule has 1 heterocycles. The van der Waals surface area contributed by atoms with Crippen molar-refractivity contribution in [2.45, 2.75) is 4.90 Å². The molecule has 5 nitrogen and oxygen atoms in total. The Kier molecular flexibility index (Phi) is 4.40. The maximum atomic E-state index is 12.1. The predicted molar refractivity (Wildman–Crippen MR) is 92.1 cm³/mol. The summed E-state index contributed by atoms with van der Waals surface area (Å²) in [6.07, 6.45) is 0. The van der Waals surface area contributed by atoms with Gasteiger partial charge in [-0.05, 0) is 29.8 Å². The van der Waals surface area contributed by atoms with Gasteiger partial charge in [-0.15, -0.1) is 0 Å². The maximum Gasteiger partial charge on any atom is 0.339 e. The first-order chi connectivity index (χ1) is 11.3. The number of carbonyl (C=O) groups is 1. The Hall–Kier alpha value is -1.86. The molecule has 0 fully saturated rings. The van der Waals surface area contributed by atoms with Crippen molar-refractivity contribution < 1.29 is 17.9 Å². The molecule has 0 aromatic heterocycles. The van der Waals surface area contributed by atoms with Crippen LogP contribution in [0.4, 0.5) is 0 Å². The Bertz CT molecular complexity index is 966. The summed E-state index contributed by atoms with van der Waals surface area (Å²) in [7, 11) is -3.78. The van der Waals surface area contributed by atoms with E-state index in [0.29, 0.717) is 32.3 Å². The van der Waals surface area contributed by atoms with Gasteiger partial charge in [0.25, 0.3) is 0 Å². The van der Waals surface area contributed by atoms with Crippen molar-refractivity contribution >= 4 is 50.3 Å². The van der Waals surface area contributed by atoms with Gasteiger partial charge in [-0.3, -0.25) is 0 Å². The largest absolute Gasteiger partial charge is 0.457 e. The standard InChI is InChI=1S/C16H11Cl2NO4S/c17-10-3-6-12(14(18)7-10)15-13(8-23-16(15)20)9-1-4-11(5-2-9)24(19,21)22/h1-7H,8H2,(H2,19,21,22). The average molecular weight is 384 g/mol. The number of rotatable bonds is 3. The van der Waals surface area contributed by atoms with Crippen LogP contribution in [0.5, 0.6) is 0 Å². The van der Waals surface area contributed by atoms with Crippen LogP contribution >= 0.6 is 23.2 Å². The van der Waals surface area contributed by atoms with Gasteiger partial charge in [0.1, 0.15) is 6.61 Å². The molecule has 0 unspecified atom stereocenters. The van der Waals surface area contributed by atoms with Gasteiger partial charge in [0.05, 0.1) is 15.5 Å². The second kappa shape index (κ2) is 6.22. The number of primary sulfonamides is 1. The minimum absolute atomic E-state index is 0.0110. The second-order valence-corrected chi connectivity index (χ2v) is 7.53. The summed E-state index contributed by atoms with van der Waals surface area (Å²) in [5.74, 6) is -0.496.